The Labute approximate surface area is 103 Å². The third-order valence-electron chi connectivity index (χ3n) is 3.25. The predicted molar refractivity (Wildman–Crippen MR) is 65.7 cm³/mol. The lowest BCUT2D eigenvalue weighted by Gasteiger charge is -2.37. The fraction of sp³-hybridized carbons (Fsp3) is 0.909. The molecule has 0 aromatic heterocycles. The summed E-state index contributed by atoms with van der Waals surface area (Å²) in [6.07, 6.45) is 3.64. The Morgan fingerprint density at radius 1 is 1.47 bits per heavy atom. The Kier molecular flexibility index (Phi) is 4.94. The first-order chi connectivity index (χ1) is 7.81. The summed E-state index contributed by atoms with van der Waals surface area (Å²) in [5.41, 5.74) is 0. The van der Waals surface area contributed by atoms with Gasteiger partial charge in [0, 0.05) is 6.26 Å². The molecule has 100 valence electrons. The van der Waals surface area contributed by atoms with Gasteiger partial charge in [-0.15, -0.1) is 0 Å². The first-order valence-corrected chi connectivity index (χ1v) is 8.02. The molecule has 1 heterocycles. The summed E-state index contributed by atoms with van der Waals surface area (Å²) in [5.74, 6) is -0.527. The van der Waals surface area contributed by atoms with E-state index in [2.05, 4.69) is 0 Å². The van der Waals surface area contributed by atoms with Crippen molar-refractivity contribution in [2.24, 2.45) is 5.92 Å². The van der Waals surface area contributed by atoms with Crippen LogP contribution in [0.15, 0.2) is 0 Å². The van der Waals surface area contributed by atoms with Crippen molar-refractivity contribution in [1.29, 1.82) is 0 Å². The van der Waals surface area contributed by atoms with Crippen molar-refractivity contribution in [2.75, 3.05) is 25.1 Å². The maximum absolute atomic E-state index is 11.2. The lowest BCUT2D eigenvalue weighted by Crippen LogP contribution is -2.49. The van der Waals surface area contributed by atoms with Crippen LogP contribution >= 0.6 is 0 Å². The van der Waals surface area contributed by atoms with Crippen molar-refractivity contribution in [1.82, 2.24) is 4.90 Å². The van der Waals surface area contributed by atoms with Crippen LogP contribution < -0.4 is 0 Å². The van der Waals surface area contributed by atoms with Gasteiger partial charge in [-0.25, -0.2) is 8.42 Å². The SMILES string of the molecule is CC1CCCN(CCCS(C)(=O)=O)C1C(=O)O. The van der Waals surface area contributed by atoms with E-state index >= 15 is 0 Å². The Morgan fingerprint density at radius 3 is 2.65 bits per heavy atom. The number of likely N-dealkylation sites (tertiary alicyclic amines) is 1. The highest BCUT2D eigenvalue weighted by molar-refractivity contribution is 7.90. The molecule has 5 nitrogen and oxygen atoms in total. The second-order valence-corrected chi connectivity index (χ2v) is 7.18. The second kappa shape index (κ2) is 5.82. The van der Waals surface area contributed by atoms with Crippen LogP contribution in [0, 0.1) is 5.92 Å². The number of carbonyl (C=O) groups is 1. The maximum Gasteiger partial charge on any atom is 0.321 e. The molecule has 1 N–H and O–H groups in total. The average Bonchev–Trinajstić information content (AvgIpc) is 2.14. The van der Waals surface area contributed by atoms with Crippen LogP contribution in [0.5, 0.6) is 0 Å². The molecule has 0 saturated carbocycles. The lowest BCUT2D eigenvalue weighted by molar-refractivity contribution is -0.146. The summed E-state index contributed by atoms with van der Waals surface area (Å²) < 4.78 is 22.0. The molecule has 1 fully saturated rings. The van der Waals surface area contributed by atoms with E-state index in [-0.39, 0.29) is 11.7 Å². The summed E-state index contributed by atoms with van der Waals surface area (Å²) in [6, 6.07) is -0.455. The first-order valence-electron chi connectivity index (χ1n) is 5.96. The Balaban J connectivity index is 2.52. The molecule has 1 aliphatic rings. The van der Waals surface area contributed by atoms with Crippen LogP contribution in [-0.4, -0.2) is 55.5 Å². The molecule has 0 aromatic rings. The fourth-order valence-corrected chi connectivity index (χ4v) is 3.11. The second-order valence-electron chi connectivity index (χ2n) is 4.92. The lowest BCUT2D eigenvalue weighted by atomic mass is 9.91. The van der Waals surface area contributed by atoms with E-state index in [0.29, 0.717) is 13.0 Å². The van der Waals surface area contributed by atoms with Crippen LogP contribution in [0.2, 0.25) is 0 Å². The highest BCUT2D eigenvalue weighted by Gasteiger charge is 2.33. The van der Waals surface area contributed by atoms with Gasteiger partial charge in [0.1, 0.15) is 15.9 Å². The van der Waals surface area contributed by atoms with Gasteiger partial charge >= 0.3 is 5.97 Å². The van der Waals surface area contributed by atoms with Gasteiger partial charge in [-0.3, -0.25) is 9.69 Å². The zero-order valence-corrected chi connectivity index (χ0v) is 11.2. The van der Waals surface area contributed by atoms with E-state index in [0.717, 1.165) is 19.4 Å². The molecule has 0 aliphatic carbocycles. The molecule has 2 unspecified atom stereocenters. The normalized spacial score (nSPS) is 26.9. The summed E-state index contributed by atoms with van der Waals surface area (Å²) in [7, 11) is -2.95. The minimum atomic E-state index is -2.95. The third kappa shape index (κ3) is 4.63. The Bertz CT molecular complexity index is 366. The van der Waals surface area contributed by atoms with E-state index in [1.807, 2.05) is 11.8 Å². The zero-order chi connectivity index (χ0) is 13.1. The molecule has 0 aromatic carbocycles. The number of hydrogen-bond acceptors (Lipinski definition) is 4. The number of aliphatic carboxylic acids is 1. The number of rotatable bonds is 5. The third-order valence-corrected chi connectivity index (χ3v) is 4.28. The minimum absolute atomic E-state index is 0.129. The van der Waals surface area contributed by atoms with Gasteiger partial charge in [0.25, 0.3) is 0 Å². The van der Waals surface area contributed by atoms with Crippen LogP contribution in [0.25, 0.3) is 0 Å². The van der Waals surface area contributed by atoms with Crippen LogP contribution in [-0.2, 0) is 14.6 Å². The molecule has 0 spiro atoms. The van der Waals surface area contributed by atoms with Crippen molar-refractivity contribution >= 4 is 15.8 Å². The fourth-order valence-electron chi connectivity index (χ4n) is 2.45. The van der Waals surface area contributed by atoms with Gasteiger partial charge < -0.3 is 5.11 Å². The van der Waals surface area contributed by atoms with Crippen LogP contribution in [0.1, 0.15) is 26.2 Å². The van der Waals surface area contributed by atoms with Crippen LogP contribution in [0.3, 0.4) is 0 Å². The molecule has 17 heavy (non-hydrogen) atoms. The minimum Gasteiger partial charge on any atom is -0.480 e. The van der Waals surface area contributed by atoms with Gasteiger partial charge in [0.05, 0.1) is 5.75 Å². The Morgan fingerprint density at radius 2 is 2.12 bits per heavy atom. The van der Waals surface area contributed by atoms with E-state index in [1.54, 1.807) is 0 Å². The van der Waals surface area contributed by atoms with E-state index in [9.17, 15) is 18.3 Å². The number of sulfone groups is 1. The molecular formula is C11H21NO4S. The first kappa shape index (κ1) is 14.4. The average molecular weight is 263 g/mol. The number of carboxylic acid groups (broad SMARTS) is 1. The summed E-state index contributed by atoms with van der Waals surface area (Å²) in [6.45, 7) is 3.25. The van der Waals surface area contributed by atoms with Crippen LogP contribution in [0.4, 0.5) is 0 Å². The topological polar surface area (TPSA) is 74.7 Å². The van der Waals surface area contributed by atoms with E-state index < -0.39 is 21.8 Å². The molecule has 6 heteroatoms. The molecular weight excluding hydrogens is 242 g/mol. The van der Waals surface area contributed by atoms with Gasteiger partial charge in [-0.2, -0.15) is 0 Å². The molecule has 1 aliphatic heterocycles. The molecule has 0 radical (unpaired) electrons. The van der Waals surface area contributed by atoms with Crippen molar-refractivity contribution in [3.63, 3.8) is 0 Å². The molecule has 0 amide bonds. The van der Waals surface area contributed by atoms with Crippen molar-refractivity contribution in [3.8, 4) is 0 Å². The highest BCUT2D eigenvalue weighted by Crippen LogP contribution is 2.23. The van der Waals surface area contributed by atoms with Crippen molar-refractivity contribution in [3.05, 3.63) is 0 Å². The molecule has 0 bridgehead atoms. The number of nitrogens with zero attached hydrogens (tertiary/aromatic N) is 1. The zero-order valence-electron chi connectivity index (χ0n) is 10.4. The standard InChI is InChI=1S/C11H21NO4S/c1-9-5-3-6-12(10(9)11(13)14)7-4-8-17(2,15)16/h9-10H,3-8H2,1-2H3,(H,13,14). The number of hydrogen-bond donors (Lipinski definition) is 1. The highest BCUT2D eigenvalue weighted by atomic mass is 32.2. The monoisotopic (exact) mass is 263 g/mol. The van der Waals surface area contributed by atoms with Crippen molar-refractivity contribution in [2.45, 2.75) is 32.2 Å². The number of piperidine rings is 1. The summed E-state index contributed by atoms with van der Waals surface area (Å²) in [5, 5.41) is 9.18. The van der Waals surface area contributed by atoms with Crippen molar-refractivity contribution < 1.29 is 18.3 Å². The quantitative estimate of drug-likeness (QED) is 0.786. The smallest absolute Gasteiger partial charge is 0.321 e. The van der Waals surface area contributed by atoms with Gasteiger partial charge in [-0.1, -0.05) is 6.92 Å². The molecule has 2 atom stereocenters. The molecule has 1 rings (SSSR count). The van der Waals surface area contributed by atoms with Gasteiger partial charge in [0.2, 0.25) is 0 Å². The van der Waals surface area contributed by atoms with Gasteiger partial charge in [-0.05, 0) is 38.3 Å². The summed E-state index contributed by atoms with van der Waals surface area (Å²) >= 11 is 0. The largest absolute Gasteiger partial charge is 0.480 e. The summed E-state index contributed by atoms with van der Waals surface area (Å²) in [4.78, 5) is 13.1. The Hall–Kier alpha value is -0.620. The van der Waals surface area contributed by atoms with E-state index in [1.165, 1.54) is 6.26 Å². The van der Waals surface area contributed by atoms with Gasteiger partial charge in [0.15, 0.2) is 0 Å². The maximum atomic E-state index is 11.2. The van der Waals surface area contributed by atoms with E-state index in [4.69, 9.17) is 0 Å². The molecule has 1 saturated heterocycles. The number of carboxylic acids is 1. The predicted octanol–water partition coefficient (Wildman–Crippen LogP) is 0.606.